The fraction of sp³-hybridized carbons (Fsp3) is 0.267. The van der Waals surface area contributed by atoms with Crippen molar-refractivity contribution in [2.75, 3.05) is 0 Å². The van der Waals surface area contributed by atoms with E-state index in [1.807, 2.05) is 13.8 Å². The molecule has 0 fully saturated rings. The average molecular weight is 288 g/mol. The van der Waals surface area contributed by atoms with Gasteiger partial charge in [-0.2, -0.15) is 0 Å². The molecule has 2 aromatic rings. The van der Waals surface area contributed by atoms with Gasteiger partial charge in [0.2, 0.25) is 0 Å². The molecule has 0 saturated heterocycles. The summed E-state index contributed by atoms with van der Waals surface area (Å²) in [5.74, 6) is -0.292. The molecular formula is C15H17FN4O. The first-order valence-electron chi connectivity index (χ1n) is 6.66. The second kappa shape index (κ2) is 6.78. The minimum atomic E-state index is -0.292. The van der Waals surface area contributed by atoms with Crippen LogP contribution in [0, 0.1) is 5.82 Å². The summed E-state index contributed by atoms with van der Waals surface area (Å²) in [4.78, 5) is 19.8. The summed E-state index contributed by atoms with van der Waals surface area (Å²) in [6.45, 7) is 4.07. The molecule has 0 bridgehead atoms. The van der Waals surface area contributed by atoms with Gasteiger partial charge < -0.3 is 10.6 Å². The molecule has 0 aliphatic heterocycles. The van der Waals surface area contributed by atoms with E-state index in [1.165, 1.54) is 18.5 Å². The predicted octanol–water partition coefficient (Wildman–Crippen LogP) is 2.49. The smallest absolute Gasteiger partial charge is 0.315 e. The second-order valence-corrected chi connectivity index (χ2v) is 4.88. The Kier molecular flexibility index (Phi) is 4.81. The molecule has 0 spiro atoms. The Labute approximate surface area is 122 Å². The highest BCUT2D eigenvalue weighted by molar-refractivity contribution is 5.74. The van der Waals surface area contributed by atoms with Crippen molar-refractivity contribution in [1.29, 1.82) is 0 Å². The van der Waals surface area contributed by atoms with Gasteiger partial charge in [0.05, 0.1) is 17.9 Å². The van der Waals surface area contributed by atoms with Crippen molar-refractivity contribution < 1.29 is 9.18 Å². The summed E-state index contributed by atoms with van der Waals surface area (Å²) >= 11 is 0. The van der Waals surface area contributed by atoms with Gasteiger partial charge in [0.1, 0.15) is 12.1 Å². The topological polar surface area (TPSA) is 66.9 Å². The molecule has 0 radical (unpaired) electrons. The van der Waals surface area contributed by atoms with Gasteiger partial charge in [-0.05, 0) is 44.2 Å². The van der Waals surface area contributed by atoms with E-state index in [0.717, 1.165) is 5.56 Å². The van der Waals surface area contributed by atoms with E-state index in [0.29, 0.717) is 17.9 Å². The second-order valence-electron chi connectivity index (χ2n) is 4.88. The fourth-order valence-corrected chi connectivity index (χ4v) is 1.76. The van der Waals surface area contributed by atoms with Crippen molar-refractivity contribution in [2.24, 2.45) is 0 Å². The third-order valence-electron chi connectivity index (χ3n) is 2.71. The van der Waals surface area contributed by atoms with Crippen molar-refractivity contribution in [2.45, 2.75) is 26.4 Å². The molecule has 1 aromatic heterocycles. The fourth-order valence-electron chi connectivity index (χ4n) is 1.76. The van der Waals surface area contributed by atoms with E-state index < -0.39 is 0 Å². The van der Waals surface area contributed by atoms with Crippen LogP contribution in [0.5, 0.6) is 0 Å². The summed E-state index contributed by atoms with van der Waals surface area (Å²) in [6, 6.07) is 7.66. The van der Waals surface area contributed by atoms with Gasteiger partial charge >= 0.3 is 6.03 Å². The molecule has 110 valence electrons. The molecule has 21 heavy (non-hydrogen) atoms. The number of aromatic nitrogens is 2. The van der Waals surface area contributed by atoms with Crippen LogP contribution in [0.4, 0.5) is 9.18 Å². The van der Waals surface area contributed by atoms with Crippen LogP contribution in [-0.2, 0) is 6.54 Å². The first-order valence-corrected chi connectivity index (χ1v) is 6.66. The van der Waals surface area contributed by atoms with Crippen molar-refractivity contribution in [1.82, 2.24) is 20.6 Å². The molecule has 2 rings (SSSR count). The van der Waals surface area contributed by atoms with Crippen LogP contribution < -0.4 is 10.6 Å². The Balaban J connectivity index is 2.04. The highest BCUT2D eigenvalue weighted by Crippen LogP contribution is 2.17. The normalized spacial score (nSPS) is 10.5. The van der Waals surface area contributed by atoms with Crippen molar-refractivity contribution in [3.63, 3.8) is 0 Å². The van der Waals surface area contributed by atoms with Crippen LogP contribution in [0.1, 0.15) is 19.5 Å². The molecule has 6 heteroatoms. The third-order valence-corrected chi connectivity index (χ3v) is 2.71. The van der Waals surface area contributed by atoms with Gasteiger partial charge in [-0.1, -0.05) is 0 Å². The molecule has 2 amide bonds. The number of hydrogen-bond donors (Lipinski definition) is 2. The standard InChI is InChI=1S/C15H17FN4O/c1-10(2)20-15(21)17-8-13-7-14(19-9-18-13)11-3-5-12(16)6-4-11/h3-7,9-10H,8H2,1-2H3,(H2,17,20,21). The van der Waals surface area contributed by atoms with E-state index in [-0.39, 0.29) is 17.9 Å². The Bertz CT molecular complexity index is 613. The quantitative estimate of drug-likeness (QED) is 0.908. The number of rotatable bonds is 4. The number of nitrogens with zero attached hydrogens (tertiary/aromatic N) is 2. The number of hydrogen-bond acceptors (Lipinski definition) is 3. The van der Waals surface area contributed by atoms with Gasteiger partial charge in [-0.15, -0.1) is 0 Å². The summed E-state index contributed by atoms with van der Waals surface area (Å²) in [7, 11) is 0. The molecule has 0 unspecified atom stereocenters. The first kappa shape index (κ1) is 14.9. The number of benzene rings is 1. The summed E-state index contributed by atoms with van der Waals surface area (Å²) < 4.78 is 12.9. The molecule has 1 heterocycles. The number of halogens is 1. The number of urea groups is 1. The lowest BCUT2D eigenvalue weighted by molar-refractivity contribution is 0.238. The zero-order chi connectivity index (χ0) is 15.2. The van der Waals surface area contributed by atoms with E-state index in [4.69, 9.17) is 0 Å². The molecule has 1 aromatic carbocycles. The highest BCUT2D eigenvalue weighted by Gasteiger charge is 2.05. The lowest BCUT2D eigenvalue weighted by Crippen LogP contribution is -2.39. The SMILES string of the molecule is CC(C)NC(=O)NCc1cc(-c2ccc(F)cc2)ncn1. The van der Waals surface area contributed by atoms with Crippen LogP contribution >= 0.6 is 0 Å². The molecular weight excluding hydrogens is 271 g/mol. The maximum atomic E-state index is 12.9. The van der Waals surface area contributed by atoms with Crippen LogP contribution in [-0.4, -0.2) is 22.0 Å². The van der Waals surface area contributed by atoms with Crippen molar-refractivity contribution in [3.8, 4) is 11.3 Å². The summed E-state index contributed by atoms with van der Waals surface area (Å²) in [5, 5.41) is 5.45. The Morgan fingerprint density at radius 1 is 1.24 bits per heavy atom. The Morgan fingerprint density at radius 3 is 2.62 bits per heavy atom. The van der Waals surface area contributed by atoms with Crippen LogP contribution in [0.3, 0.4) is 0 Å². The Morgan fingerprint density at radius 2 is 1.95 bits per heavy atom. The van der Waals surface area contributed by atoms with Gasteiger partial charge in [-0.3, -0.25) is 0 Å². The summed E-state index contributed by atoms with van der Waals surface area (Å²) in [6.07, 6.45) is 1.43. The predicted molar refractivity (Wildman–Crippen MR) is 77.9 cm³/mol. The zero-order valence-electron chi connectivity index (χ0n) is 11.9. The van der Waals surface area contributed by atoms with Gasteiger partial charge in [0, 0.05) is 11.6 Å². The van der Waals surface area contributed by atoms with E-state index in [2.05, 4.69) is 20.6 Å². The first-order chi connectivity index (χ1) is 10.0. The van der Waals surface area contributed by atoms with Gasteiger partial charge in [0.15, 0.2) is 0 Å². The summed E-state index contributed by atoms with van der Waals surface area (Å²) in [5.41, 5.74) is 2.17. The molecule has 5 nitrogen and oxygen atoms in total. The maximum Gasteiger partial charge on any atom is 0.315 e. The van der Waals surface area contributed by atoms with Crippen LogP contribution in [0.2, 0.25) is 0 Å². The monoisotopic (exact) mass is 288 g/mol. The van der Waals surface area contributed by atoms with Crippen LogP contribution in [0.15, 0.2) is 36.7 Å². The van der Waals surface area contributed by atoms with E-state index >= 15 is 0 Å². The number of carbonyl (C=O) groups is 1. The number of carbonyl (C=O) groups excluding carboxylic acids is 1. The Hall–Kier alpha value is -2.50. The lowest BCUT2D eigenvalue weighted by Gasteiger charge is -2.10. The lowest BCUT2D eigenvalue weighted by atomic mass is 10.1. The molecule has 0 aliphatic rings. The third kappa shape index (κ3) is 4.52. The van der Waals surface area contributed by atoms with E-state index in [1.54, 1.807) is 18.2 Å². The molecule has 0 aliphatic carbocycles. The van der Waals surface area contributed by atoms with Crippen molar-refractivity contribution in [3.05, 3.63) is 48.2 Å². The van der Waals surface area contributed by atoms with Crippen LogP contribution in [0.25, 0.3) is 11.3 Å². The van der Waals surface area contributed by atoms with Crippen molar-refractivity contribution >= 4 is 6.03 Å². The average Bonchev–Trinajstić information content (AvgIpc) is 2.45. The minimum absolute atomic E-state index is 0.0742. The molecule has 2 N–H and O–H groups in total. The molecule has 0 atom stereocenters. The minimum Gasteiger partial charge on any atom is -0.336 e. The largest absolute Gasteiger partial charge is 0.336 e. The number of nitrogens with one attached hydrogen (secondary N) is 2. The van der Waals surface area contributed by atoms with Gasteiger partial charge in [-0.25, -0.2) is 19.2 Å². The number of amides is 2. The zero-order valence-corrected chi connectivity index (χ0v) is 11.9. The van der Waals surface area contributed by atoms with E-state index in [9.17, 15) is 9.18 Å². The highest BCUT2D eigenvalue weighted by atomic mass is 19.1. The van der Waals surface area contributed by atoms with Gasteiger partial charge in [0.25, 0.3) is 0 Å². The maximum absolute atomic E-state index is 12.9. The molecule has 0 saturated carbocycles.